The number of allylic oxidation sites excluding steroid dienone is 1. The Kier molecular flexibility index (Phi) is 13.3. The number of aryl methyl sites for hydroxylation is 1. The highest BCUT2D eigenvalue weighted by Crippen LogP contribution is 2.42. The van der Waals surface area contributed by atoms with Crippen LogP contribution in [0, 0.1) is 17.8 Å². The zero-order chi connectivity index (χ0) is 34.9. The molecule has 49 heavy (non-hydrogen) atoms. The molecular weight excluding hydrogens is 720 g/mol. The number of hydrogen-bond acceptors (Lipinski definition) is 6. The Balaban J connectivity index is 1.51. The molecule has 0 saturated heterocycles. The number of fused-ring (bicyclic) bond motifs is 3. The van der Waals surface area contributed by atoms with Gasteiger partial charge in [-0.2, -0.15) is 0 Å². The molecule has 1 heterocycles. The van der Waals surface area contributed by atoms with Crippen molar-refractivity contribution in [2.75, 3.05) is 18.0 Å². The summed E-state index contributed by atoms with van der Waals surface area (Å²) in [7, 11) is 0. The van der Waals surface area contributed by atoms with Gasteiger partial charge in [-0.3, -0.25) is 9.52 Å². The van der Waals surface area contributed by atoms with Crippen molar-refractivity contribution >= 4 is 57.0 Å². The average Bonchev–Trinajstić information content (AvgIpc) is 3.07. The number of carbonyl (C=O) groups is 2. The summed E-state index contributed by atoms with van der Waals surface area (Å²) in [6.07, 6.45) is 10.8. The lowest BCUT2D eigenvalue weighted by Gasteiger charge is -2.43. The number of hydrogen-bond donors (Lipinski definition) is 1. The first-order valence-electron chi connectivity index (χ1n) is 17.2. The van der Waals surface area contributed by atoms with Crippen molar-refractivity contribution in [3.8, 4) is 5.75 Å². The van der Waals surface area contributed by atoms with E-state index in [1.165, 1.54) is 29.3 Å². The molecule has 9 heteroatoms. The van der Waals surface area contributed by atoms with Crippen LogP contribution in [0.3, 0.4) is 0 Å². The Hall–Kier alpha value is -3.20. The van der Waals surface area contributed by atoms with Gasteiger partial charge < -0.3 is 14.4 Å². The van der Waals surface area contributed by atoms with Crippen LogP contribution in [0.15, 0.2) is 90.1 Å². The van der Waals surface area contributed by atoms with Crippen molar-refractivity contribution in [2.24, 2.45) is 17.8 Å². The molecule has 5 atom stereocenters. The van der Waals surface area contributed by atoms with Crippen molar-refractivity contribution in [1.29, 1.82) is 0 Å². The Bertz CT molecular complexity index is 1650. The molecule has 1 saturated carbocycles. The van der Waals surface area contributed by atoms with Crippen LogP contribution in [-0.4, -0.2) is 36.3 Å². The maximum absolute atomic E-state index is 13.4. The molecule has 1 amide bonds. The average molecular weight is 766 g/mol. The Morgan fingerprint density at radius 1 is 1.08 bits per heavy atom. The van der Waals surface area contributed by atoms with Gasteiger partial charge in [-0.25, -0.2) is 4.79 Å². The number of nitrogens with one attached hydrogen (secondary N) is 1. The van der Waals surface area contributed by atoms with E-state index in [2.05, 4.69) is 77.2 Å². The number of benzene rings is 3. The third-order valence-electron chi connectivity index (χ3n) is 9.76. The van der Waals surface area contributed by atoms with Gasteiger partial charge in [-0.15, -0.1) is 0 Å². The molecule has 260 valence electrons. The normalized spacial score (nSPS) is 23.4. The lowest BCUT2D eigenvalue weighted by Crippen LogP contribution is -2.45. The SMILES string of the molecule is C=COc1ccc2cc1N(CCc1ccc(Cl)cc1CCC)CC1CCC1C(OC(=O)c1ccc(Br)cc1)/C=C/CC(C)C(C)SNC2=O. The topological polar surface area (TPSA) is 67.9 Å². The Morgan fingerprint density at radius 2 is 1.88 bits per heavy atom. The highest BCUT2D eigenvalue weighted by Gasteiger charge is 2.39. The molecule has 1 aliphatic heterocycles. The minimum atomic E-state index is -0.359. The van der Waals surface area contributed by atoms with Crippen LogP contribution in [0.4, 0.5) is 5.69 Å². The standard InChI is InChI=1S/C40H46BrClN2O4S/c1-5-8-30-23-34(42)18-13-28(30)21-22-44-25-32-14-19-35(32)37(48-40(46)29-11-16-33(41)17-12-29)10-7-9-26(3)27(4)49-43-39(45)31-15-20-38(47-6-2)36(44)24-31/h6-7,10-13,15-18,20,23-24,26-27,32,35,37H,2,5,8-9,14,19,21-22,25H2,1,3-4H3,(H,43,45)/b10-7+. The van der Waals surface area contributed by atoms with E-state index in [0.29, 0.717) is 30.0 Å². The monoisotopic (exact) mass is 764 g/mol. The van der Waals surface area contributed by atoms with E-state index < -0.39 is 0 Å². The van der Waals surface area contributed by atoms with Gasteiger partial charge in [0.15, 0.2) is 0 Å². The van der Waals surface area contributed by atoms with Gasteiger partial charge in [0.2, 0.25) is 0 Å². The Labute approximate surface area is 308 Å². The van der Waals surface area contributed by atoms with Crippen molar-refractivity contribution in [1.82, 2.24) is 4.72 Å². The third kappa shape index (κ3) is 9.74. The molecule has 5 rings (SSSR count). The van der Waals surface area contributed by atoms with Crippen LogP contribution in [0.1, 0.15) is 78.3 Å². The van der Waals surface area contributed by atoms with Gasteiger partial charge in [-0.05, 0) is 128 Å². The van der Waals surface area contributed by atoms with Crippen LogP contribution < -0.4 is 14.4 Å². The van der Waals surface area contributed by atoms with Gasteiger partial charge in [-0.1, -0.05) is 73.4 Å². The first kappa shape index (κ1) is 37.1. The van der Waals surface area contributed by atoms with E-state index >= 15 is 0 Å². The molecule has 0 radical (unpaired) electrons. The van der Waals surface area contributed by atoms with Crippen LogP contribution >= 0.6 is 39.5 Å². The summed E-state index contributed by atoms with van der Waals surface area (Å²) >= 11 is 11.3. The summed E-state index contributed by atoms with van der Waals surface area (Å²) in [6.45, 7) is 11.7. The number of amides is 1. The van der Waals surface area contributed by atoms with E-state index in [1.54, 1.807) is 18.2 Å². The van der Waals surface area contributed by atoms with Crippen LogP contribution in [0.2, 0.25) is 5.02 Å². The number of halogens is 2. The lowest BCUT2D eigenvalue weighted by molar-refractivity contribution is -0.00190. The second-order valence-electron chi connectivity index (χ2n) is 13.1. The molecule has 0 aromatic heterocycles. The van der Waals surface area contributed by atoms with Crippen LogP contribution in [0.25, 0.3) is 0 Å². The van der Waals surface area contributed by atoms with Gasteiger partial charge >= 0.3 is 5.97 Å². The molecule has 5 unspecified atom stereocenters. The summed E-state index contributed by atoms with van der Waals surface area (Å²) in [4.78, 5) is 29.2. The van der Waals surface area contributed by atoms with E-state index in [9.17, 15) is 9.59 Å². The predicted molar refractivity (Wildman–Crippen MR) is 206 cm³/mol. The molecular formula is C40H46BrClN2O4S. The van der Waals surface area contributed by atoms with Crippen LogP contribution in [-0.2, 0) is 17.6 Å². The van der Waals surface area contributed by atoms with Gasteiger partial charge in [0, 0.05) is 39.3 Å². The van der Waals surface area contributed by atoms with E-state index in [0.717, 1.165) is 53.7 Å². The van der Waals surface area contributed by atoms with Crippen molar-refractivity contribution in [2.45, 2.75) is 70.7 Å². The molecule has 1 N–H and O–H groups in total. The number of esters is 1. The molecule has 3 aromatic carbocycles. The second-order valence-corrected chi connectivity index (χ2v) is 15.6. The maximum Gasteiger partial charge on any atom is 0.338 e. The van der Waals surface area contributed by atoms with Gasteiger partial charge in [0.05, 0.1) is 17.5 Å². The minimum Gasteiger partial charge on any atom is -0.463 e. The summed E-state index contributed by atoms with van der Waals surface area (Å²) in [5.74, 6) is 0.869. The summed E-state index contributed by atoms with van der Waals surface area (Å²) in [5.41, 5.74) is 4.45. The summed E-state index contributed by atoms with van der Waals surface area (Å²) in [5, 5.41) is 0.908. The smallest absolute Gasteiger partial charge is 0.338 e. The zero-order valence-corrected chi connectivity index (χ0v) is 31.7. The van der Waals surface area contributed by atoms with Gasteiger partial charge in [0.25, 0.3) is 5.91 Å². The minimum absolute atomic E-state index is 0.137. The van der Waals surface area contributed by atoms with Crippen molar-refractivity contribution < 1.29 is 19.1 Å². The fourth-order valence-corrected chi connectivity index (χ4v) is 7.74. The highest BCUT2D eigenvalue weighted by molar-refractivity contribution is 9.10. The molecule has 1 aliphatic carbocycles. The Morgan fingerprint density at radius 3 is 2.59 bits per heavy atom. The number of ether oxygens (including phenoxy) is 2. The first-order valence-corrected chi connectivity index (χ1v) is 19.2. The quantitative estimate of drug-likeness (QED) is 0.101. The van der Waals surface area contributed by atoms with Crippen LogP contribution in [0.5, 0.6) is 5.75 Å². The molecule has 2 bridgehead atoms. The van der Waals surface area contributed by atoms with E-state index in [1.807, 2.05) is 30.3 Å². The first-order chi connectivity index (χ1) is 23.7. The molecule has 0 spiro atoms. The molecule has 3 aromatic rings. The fraction of sp³-hybridized carbons (Fsp3) is 0.400. The van der Waals surface area contributed by atoms with E-state index in [4.69, 9.17) is 21.1 Å². The zero-order valence-electron chi connectivity index (χ0n) is 28.5. The number of rotatable bonds is 9. The molecule has 6 nitrogen and oxygen atoms in total. The van der Waals surface area contributed by atoms with Crippen molar-refractivity contribution in [3.63, 3.8) is 0 Å². The molecule has 2 aliphatic rings. The maximum atomic E-state index is 13.4. The number of nitrogens with zero attached hydrogens (tertiary/aromatic N) is 1. The van der Waals surface area contributed by atoms with Crippen molar-refractivity contribution in [3.05, 3.63) is 117 Å². The second kappa shape index (κ2) is 17.6. The number of carbonyl (C=O) groups excluding carboxylic acids is 2. The predicted octanol–water partition coefficient (Wildman–Crippen LogP) is 10.2. The van der Waals surface area contributed by atoms with E-state index in [-0.39, 0.29) is 41.0 Å². The van der Waals surface area contributed by atoms with Gasteiger partial charge in [0.1, 0.15) is 11.9 Å². The summed E-state index contributed by atoms with van der Waals surface area (Å²) < 4.78 is 16.2. The largest absolute Gasteiger partial charge is 0.463 e. The lowest BCUT2D eigenvalue weighted by atomic mass is 9.70. The summed E-state index contributed by atoms with van der Waals surface area (Å²) in [6, 6.07) is 19.1. The number of anilines is 1. The third-order valence-corrected chi connectivity index (χ3v) is 11.7. The fourth-order valence-electron chi connectivity index (χ4n) is 6.53. The molecule has 1 fully saturated rings. The highest BCUT2D eigenvalue weighted by atomic mass is 79.9.